The van der Waals surface area contributed by atoms with Crippen molar-refractivity contribution in [2.75, 3.05) is 36.6 Å². The van der Waals surface area contributed by atoms with Crippen LogP contribution >= 0.6 is 23.2 Å². The molecule has 2 aliphatic heterocycles. The summed E-state index contributed by atoms with van der Waals surface area (Å²) in [6.45, 7) is 7.22. The predicted molar refractivity (Wildman–Crippen MR) is 258 cm³/mol. The van der Waals surface area contributed by atoms with E-state index in [1.807, 2.05) is 6.07 Å². The number of halogens is 2. The molecule has 6 N–H and O–H groups in total. The Balaban J connectivity index is 0.000000181. The number of fused-ring (bicyclic) bond motifs is 2. The molecule has 0 bridgehead atoms. The third-order valence-corrected chi connectivity index (χ3v) is 20.3. The molecule has 3 aromatic carbocycles. The summed E-state index contributed by atoms with van der Waals surface area (Å²) in [7, 11) is -3.66. The van der Waals surface area contributed by atoms with E-state index >= 15 is 0 Å². The molecule has 4 aromatic heterocycles. The van der Waals surface area contributed by atoms with E-state index in [0.717, 1.165) is 18.6 Å². The van der Waals surface area contributed by atoms with Gasteiger partial charge in [0.25, 0.3) is 0 Å². The van der Waals surface area contributed by atoms with Gasteiger partial charge in [-0.25, -0.2) is 9.97 Å². The summed E-state index contributed by atoms with van der Waals surface area (Å²) in [6.07, 6.45) is 1.92. The summed E-state index contributed by atoms with van der Waals surface area (Å²) in [4.78, 5) is 26.4. The van der Waals surface area contributed by atoms with Crippen molar-refractivity contribution < 1.29 is 29.9 Å². The molecule has 0 radical (unpaired) electrons. The van der Waals surface area contributed by atoms with Crippen molar-refractivity contribution in [1.29, 1.82) is 0 Å². The van der Waals surface area contributed by atoms with Gasteiger partial charge in [0.1, 0.15) is 40.8 Å². The highest BCUT2D eigenvalue weighted by molar-refractivity contribution is 7.01. The number of ether oxygens (including phenoxy) is 2. The van der Waals surface area contributed by atoms with Crippen LogP contribution in [0.2, 0.25) is 36.3 Å². The van der Waals surface area contributed by atoms with Crippen molar-refractivity contribution in [3.8, 4) is 0 Å². The molecule has 9 rings (SSSR count). The normalized spacial score (nSPS) is 21.1. The Morgan fingerprint density at radius 3 is 1.49 bits per heavy atom. The monoisotopic (exact) mass is 956 g/mol. The van der Waals surface area contributed by atoms with Gasteiger partial charge in [-0.2, -0.15) is 19.9 Å². The van der Waals surface area contributed by atoms with Crippen LogP contribution in [-0.2, 0) is 9.47 Å². The van der Waals surface area contributed by atoms with Gasteiger partial charge in [0, 0.05) is 25.6 Å². The fourth-order valence-corrected chi connectivity index (χ4v) is 14.4. The van der Waals surface area contributed by atoms with Crippen molar-refractivity contribution in [3.63, 3.8) is 0 Å². The molecule has 342 valence electrons. The first-order valence-electron chi connectivity index (χ1n) is 21.7. The van der Waals surface area contributed by atoms with E-state index in [-0.39, 0.29) is 23.8 Å². The lowest BCUT2D eigenvalue weighted by atomic mass is 10.2. The fraction of sp³-hybridized carbons (Fsp3) is 0.378. The molecule has 0 unspecified atom stereocenters. The maximum absolute atomic E-state index is 10.1. The number of imidazole rings is 2. The number of aliphatic hydroxyl groups is 4. The van der Waals surface area contributed by atoms with E-state index in [0.29, 0.717) is 53.3 Å². The van der Waals surface area contributed by atoms with Crippen LogP contribution in [0.4, 0.5) is 11.6 Å². The predicted octanol–water partition coefficient (Wildman–Crippen LogP) is 4.50. The fourth-order valence-electron chi connectivity index (χ4n) is 8.56. The molecule has 65 heavy (non-hydrogen) atoms. The second-order valence-electron chi connectivity index (χ2n) is 17.3. The Morgan fingerprint density at radius 2 is 1.06 bits per heavy atom. The summed E-state index contributed by atoms with van der Waals surface area (Å²) in [6, 6.07) is 33.1. The average Bonchev–Trinajstić information content (AvgIpc) is 4.12. The second-order valence-corrected chi connectivity index (χ2v) is 27.0. The molecule has 0 saturated carbocycles. The zero-order valence-corrected chi connectivity index (χ0v) is 39.9. The quantitative estimate of drug-likeness (QED) is 0.0475. The number of hydrogen-bond donors (Lipinski definition) is 6. The van der Waals surface area contributed by atoms with Crippen LogP contribution in [0.3, 0.4) is 0 Å². The molecular weight excluding hydrogens is 904 g/mol. The molecule has 7 aromatic rings. The van der Waals surface area contributed by atoms with E-state index < -0.39 is 53.0 Å². The molecule has 0 spiro atoms. The third-order valence-electron chi connectivity index (χ3n) is 12.4. The van der Waals surface area contributed by atoms with Gasteiger partial charge in [0.15, 0.2) is 34.0 Å². The van der Waals surface area contributed by atoms with Gasteiger partial charge >= 0.3 is 0 Å². The first-order chi connectivity index (χ1) is 31.4. The number of anilines is 2. The van der Waals surface area contributed by atoms with Gasteiger partial charge < -0.3 is 40.5 Å². The van der Waals surface area contributed by atoms with Gasteiger partial charge in [-0.3, -0.25) is 9.13 Å². The van der Waals surface area contributed by atoms with Crippen molar-refractivity contribution in [1.82, 2.24) is 39.0 Å². The summed E-state index contributed by atoms with van der Waals surface area (Å²) in [5.74, 6) is 1.15. The second kappa shape index (κ2) is 20.3. The van der Waals surface area contributed by atoms with Crippen molar-refractivity contribution >= 4 is 88.9 Å². The molecule has 2 saturated heterocycles. The molecule has 6 heterocycles. The molecule has 16 nitrogen and oxygen atoms in total. The highest BCUT2D eigenvalue weighted by atomic mass is 35.5. The standard InChI is InChI=1S/C26H30ClN5O3Si.C19H24ClN5O3Si/c1-36(18-9-4-2-5-10-18,19-11-6-3-7-12-19)14-8-13-28-24-23-25(31-26(27)30-24)32(17-29-23)22-15-20(34)21(16-33)35-22;1-29(2,12-6-4-3-5-7-12)11-22-17-16-18(24-19(20)23-17)25(10-21-16)15-8-13(27)14(9-26)28-15/h2-7,9-12,17,20-22,33-34H,8,13-16H2,1H3,(H,28,30,31);3-7,10,13-15,26-27H,8-9,11H2,1-2H3,(H,22,23,24)/t20-,21+,22+;13-,14+,15+/m00/s1. The summed E-state index contributed by atoms with van der Waals surface area (Å²) >= 11 is 12.5. The third kappa shape index (κ3) is 10.3. The minimum Gasteiger partial charge on any atom is -0.394 e. The first kappa shape index (κ1) is 46.7. The number of nitrogens with zero attached hydrogens (tertiary/aromatic N) is 8. The van der Waals surface area contributed by atoms with Crippen LogP contribution in [-0.4, -0.2) is 126 Å². The van der Waals surface area contributed by atoms with Gasteiger partial charge in [-0.15, -0.1) is 0 Å². The van der Waals surface area contributed by atoms with Gasteiger partial charge in [0.2, 0.25) is 10.6 Å². The Kier molecular flexibility index (Phi) is 14.6. The lowest BCUT2D eigenvalue weighted by Crippen LogP contribution is -2.55. The van der Waals surface area contributed by atoms with Crippen LogP contribution in [0.5, 0.6) is 0 Å². The Morgan fingerprint density at radius 1 is 0.631 bits per heavy atom. The maximum atomic E-state index is 10.1. The lowest BCUT2D eigenvalue weighted by molar-refractivity contribution is -0.0432. The Labute approximate surface area is 388 Å². The molecule has 0 amide bonds. The van der Waals surface area contributed by atoms with E-state index in [2.05, 4.69) is 145 Å². The summed E-state index contributed by atoms with van der Waals surface area (Å²) < 4.78 is 15.0. The SMILES string of the molecule is C[Si](C)(CNc1nc(Cl)nc2c1ncn2[C@H]1C[C@H](O)[C@@H](CO)O1)c1ccccc1.C[Si](CCCNc1nc(Cl)nc2c1ncn2[C@H]1C[C@H](O)[C@@H](CO)O1)(c1ccccc1)c1ccccc1. The van der Waals surface area contributed by atoms with E-state index in [1.54, 1.807) is 21.8 Å². The minimum atomic E-state index is -1.91. The Bertz CT molecular complexity index is 2630. The lowest BCUT2D eigenvalue weighted by Gasteiger charge is -2.29. The van der Waals surface area contributed by atoms with Crippen LogP contribution in [0, 0.1) is 0 Å². The minimum absolute atomic E-state index is 0.108. The van der Waals surface area contributed by atoms with Crippen molar-refractivity contribution in [2.45, 2.75) is 81.8 Å². The summed E-state index contributed by atoms with van der Waals surface area (Å²) in [5, 5.41) is 50.1. The van der Waals surface area contributed by atoms with Gasteiger partial charge in [0.05, 0.1) is 38.1 Å². The molecule has 2 fully saturated rings. The van der Waals surface area contributed by atoms with E-state index in [1.165, 1.54) is 15.6 Å². The van der Waals surface area contributed by atoms with Crippen molar-refractivity contribution in [2.24, 2.45) is 0 Å². The van der Waals surface area contributed by atoms with E-state index in [4.69, 9.17) is 32.7 Å². The summed E-state index contributed by atoms with van der Waals surface area (Å²) in [5.41, 5.74) is 2.25. The van der Waals surface area contributed by atoms with Crippen LogP contribution in [0.1, 0.15) is 31.7 Å². The number of rotatable bonds is 15. The van der Waals surface area contributed by atoms with Crippen LogP contribution < -0.4 is 26.2 Å². The van der Waals surface area contributed by atoms with Gasteiger partial charge in [-0.05, 0) is 35.7 Å². The topological polar surface area (TPSA) is 211 Å². The number of hydrogen-bond acceptors (Lipinski definition) is 14. The molecule has 20 heteroatoms. The zero-order chi connectivity index (χ0) is 45.7. The first-order valence-corrected chi connectivity index (χ1v) is 28.4. The number of benzene rings is 3. The average molecular weight is 958 g/mol. The van der Waals surface area contributed by atoms with E-state index in [9.17, 15) is 20.4 Å². The largest absolute Gasteiger partial charge is 0.394 e. The molecule has 6 atom stereocenters. The number of aliphatic hydroxyl groups excluding tert-OH is 4. The highest BCUT2D eigenvalue weighted by Gasteiger charge is 2.37. The molecular formula is C45H54Cl2N10O6Si2. The smallest absolute Gasteiger partial charge is 0.226 e. The molecule has 2 aliphatic rings. The zero-order valence-electron chi connectivity index (χ0n) is 36.4. The maximum Gasteiger partial charge on any atom is 0.226 e. The van der Waals surface area contributed by atoms with Crippen molar-refractivity contribution in [3.05, 3.63) is 114 Å². The molecule has 0 aliphatic carbocycles. The number of aromatic nitrogens is 8. The number of nitrogens with one attached hydrogen (secondary N) is 2. The van der Waals surface area contributed by atoms with Crippen LogP contribution in [0.25, 0.3) is 22.3 Å². The highest BCUT2D eigenvalue weighted by Crippen LogP contribution is 2.34. The van der Waals surface area contributed by atoms with Gasteiger partial charge in [-0.1, -0.05) is 126 Å². The Hall–Kier alpha value is -4.87. The van der Waals surface area contributed by atoms with Crippen LogP contribution in [0.15, 0.2) is 104 Å².